The van der Waals surface area contributed by atoms with Gasteiger partial charge < -0.3 is 45.1 Å². The van der Waals surface area contributed by atoms with Gasteiger partial charge in [0.05, 0.1) is 36.5 Å². The van der Waals surface area contributed by atoms with Crippen LogP contribution in [0.1, 0.15) is 93.1 Å². The minimum atomic E-state index is -4.14. The van der Waals surface area contributed by atoms with Crippen LogP contribution in [0.3, 0.4) is 0 Å². The normalized spacial score (nSPS) is 19.3. The first-order valence-corrected chi connectivity index (χ1v) is 17.1. The molecular formula is C28H54N6O15S2. The number of aromatic nitrogens is 4. The van der Waals surface area contributed by atoms with Crippen molar-refractivity contribution in [1.29, 1.82) is 0 Å². The molecule has 0 bridgehead atoms. The van der Waals surface area contributed by atoms with Gasteiger partial charge in [0.2, 0.25) is 0 Å². The van der Waals surface area contributed by atoms with Crippen LogP contribution in [-0.2, 0) is 30.0 Å². The summed E-state index contributed by atoms with van der Waals surface area (Å²) in [6.45, 7) is 6.10. The van der Waals surface area contributed by atoms with Gasteiger partial charge in [0, 0.05) is 42.0 Å². The van der Waals surface area contributed by atoms with Crippen LogP contribution in [0, 0.1) is 6.92 Å². The van der Waals surface area contributed by atoms with Gasteiger partial charge in [-0.15, -0.1) is 0 Å². The molecule has 1 aliphatic heterocycles. The van der Waals surface area contributed by atoms with E-state index in [1.807, 2.05) is 0 Å². The van der Waals surface area contributed by atoms with Crippen LogP contribution in [0.2, 0.25) is 0 Å². The van der Waals surface area contributed by atoms with Crippen molar-refractivity contribution in [3.8, 4) is 0 Å². The number of nitrogens with one attached hydrogen (secondary N) is 1. The number of carbonyl (C=O) groups is 2. The highest BCUT2D eigenvalue weighted by molar-refractivity contribution is 7.87. The lowest BCUT2D eigenvalue weighted by Gasteiger charge is -2.24. The van der Waals surface area contributed by atoms with Crippen molar-refractivity contribution < 1.29 is 71.1 Å². The Morgan fingerprint density at radius 1 is 0.980 bits per heavy atom. The van der Waals surface area contributed by atoms with Gasteiger partial charge in [-0.1, -0.05) is 14.9 Å². The van der Waals surface area contributed by atoms with Crippen molar-refractivity contribution in [2.24, 2.45) is 0 Å². The monoisotopic (exact) mass is 778 g/mol. The molecule has 1 saturated heterocycles. The smallest absolute Gasteiger partial charge is 0.335 e. The quantitative estimate of drug-likeness (QED) is 0.0905. The van der Waals surface area contributed by atoms with Crippen LogP contribution in [-0.4, -0.2) is 163 Å². The first-order valence-electron chi connectivity index (χ1n) is 14.3. The summed E-state index contributed by atoms with van der Waals surface area (Å²) < 4.78 is 66.7. The van der Waals surface area contributed by atoms with Gasteiger partial charge >= 0.3 is 20.5 Å². The number of carbonyl (C=O) groups excluding carboxylic acids is 2. The molecule has 23 heteroatoms. The Morgan fingerprint density at radius 3 is 1.86 bits per heavy atom. The third kappa shape index (κ3) is 13.0. The third-order valence-corrected chi connectivity index (χ3v) is 9.35. The number of hydrogen-bond donors (Lipinski definition) is 8. The predicted molar refractivity (Wildman–Crippen MR) is 182 cm³/mol. The molecule has 6 atom stereocenters. The Labute approximate surface area is 298 Å². The summed E-state index contributed by atoms with van der Waals surface area (Å²) in [6.07, 6.45) is -6.67. The molecule has 51 heavy (non-hydrogen) atoms. The molecule has 3 rings (SSSR count). The standard InChI is InChI=1S/C15H25N3O7S.C9H14N2O5.C2H7NO3S.2CH4/c1-8-11(12(21)13-10(7-19)24-15(3,4)25-13)18(14(16-8)9(2)20)26(22,23)17(5)6;1-4(13)9-10-2-5(11-9)7(15)8(16)6(14)3-12;1-3(2)7(4,5)6;;/h10,12-13,19,21H,7H2,1-6H3;2,6-8,12,14-16H,3H2,1H3,(H,10,11);1-2H3,(H,4,5,6);2*1H4/t10-,12-,13-;6-,7-,8-;;;/m11.../s1. The van der Waals surface area contributed by atoms with Gasteiger partial charge in [-0.2, -0.15) is 25.4 Å². The number of aromatic amines is 1. The van der Waals surface area contributed by atoms with Crippen LogP contribution < -0.4 is 0 Å². The molecule has 21 nitrogen and oxygen atoms in total. The van der Waals surface area contributed by atoms with Crippen LogP contribution in [0.4, 0.5) is 0 Å². The maximum absolute atomic E-state index is 12.8. The van der Waals surface area contributed by atoms with E-state index < -0.39 is 81.9 Å². The average molecular weight is 779 g/mol. The van der Waals surface area contributed by atoms with Crippen molar-refractivity contribution in [2.75, 3.05) is 41.4 Å². The number of H-pyrrole nitrogens is 1. The van der Waals surface area contributed by atoms with E-state index in [0.29, 0.717) is 4.31 Å². The largest absolute Gasteiger partial charge is 0.394 e. The number of ether oxygens (including phenoxy) is 2. The molecule has 1 fully saturated rings. The zero-order valence-electron chi connectivity index (χ0n) is 28.4. The minimum absolute atomic E-state index is 0. The van der Waals surface area contributed by atoms with Crippen LogP contribution >= 0.6 is 0 Å². The van der Waals surface area contributed by atoms with Crippen LogP contribution in [0.15, 0.2) is 6.20 Å². The summed E-state index contributed by atoms with van der Waals surface area (Å²) in [5, 5.41) is 57.1. The van der Waals surface area contributed by atoms with Gasteiger partial charge in [0.15, 0.2) is 29.0 Å². The number of imidazole rings is 2. The first kappa shape index (κ1) is 50.3. The summed E-state index contributed by atoms with van der Waals surface area (Å²) in [5.41, 5.74) is 0.164. The number of aliphatic hydroxyl groups excluding tert-OH is 6. The van der Waals surface area contributed by atoms with Gasteiger partial charge in [0.1, 0.15) is 36.6 Å². The maximum atomic E-state index is 12.8. The van der Waals surface area contributed by atoms with Gasteiger partial charge in [-0.25, -0.2) is 13.9 Å². The fraction of sp³-hybridized carbons (Fsp3) is 0.714. The SMILES string of the molecule is C.C.CC(=O)c1nc(C)c([C@@H](O)[C@@H]2OC(C)(C)O[C@@H]2CO)n1S(=O)(=O)N(C)C.CC(=O)c1ncc([C@@H](O)[C@H](O)[C@H](O)CO)[nH]1.CN(C)S(=O)(=O)O. The minimum Gasteiger partial charge on any atom is -0.394 e. The van der Waals surface area contributed by atoms with E-state index in [9.17, 15) is 46.9 Å². The molecule has 2 aromatic rings. The zero-order chi connectivity index (χ0) is 38.4. The fourth-order valence-corrected chi connectivity index (χ4v) is 5.27. The molecule has 0 saturated carbocycles. The molecule has 3 heterocycles. The number of aryl methyl sites for hydroxylation is 1. The summed E-state index contributed by atoms with van der Waals surface area (Å²) in [6, 6.07) is 0. The lowest BCUT2D eigenvalue weighted by Crippen LogP contribution is -2.37. The number of aliphatic hydroxyl groups is 6. The molecule has 1 aliphatic rings. The molecule has 8 N–H and O–H groups in total. The van der Waals surface area contributed by atoms with Crippen molar-refractivity contribution in [3.63, 3.8) is 0 Å². The fourth-order valence-electron chi connectivity index (χ4n) is 4.07. The topological polar surface area (TPSA) is 315 Å². The molecule has 0 amide bonds. The molecule has 0 unspecified atom stereocenters. The number of nitrogens with zero attached hydrogens (tertiary/aromatic N) is 5. The van der Waals surface area contributed by atoms with Crippen LogP contribution in [0.5, 0.6) is 0 Å². The van der Waals surface area contributed by atoms with Gasteiger partial charge in [0.25, 0.3) is 0 Å². The molecular weight excluding hydrogens is 724 g/mol. The summed E-state index contributed by atoms with van der Waals surface area (Å²) in [7, 11) is -2.95. The van der Waals surface area contributed by atoms with Gasteiger partial charge in [-0.3, -0.25) is 14.1 Å². The Bertz CT molecular complexity index is 1640. The lowest BCUT2D eigenvalue weighted by molar-refractivity contribution is -0.157. The number of rotatable bonds is 12. The van der Waals surface area contributed by atoms with E-state index in [2.05, 4.69) is 15.0 Å². The highest BCUT2D eigenvalue weighted by Crippen LogP contribution is 2.37. The predicted octanol–water partition coefficient (Wildman–Crippen LogP) is -1.42. The summed E-state index contributed by atoms with van der Waals surface area (Å²) >= 11 is 0. The molecule has 0 spiro atoms. The zero-order valence-corrected chi connectivity index (χ0v) is 30.0. The highest BCUT2D eigenvalue weighted by atomic mass is 32.2. The second-order valence-corrected chi connectivity index (χ2v) is 15.1. The molecule has 2 aromatic heterocycles. The van der Waals surface area contributed by atoms with Gasteiger partial charge in [-0.05, 0) is 20.8 Å². The Morgan fingerprint density at radius 2 is 1.49 bits per heavy atom. The summed E-state index contributed by atoms with van der Waals surface area (Å²) in [4.78, 5) is 33.1. The number of hydrogen-bond acceptors (Lipinski definition) is 16. The molecule has 298 valence electrons. The van der Waals surface area contributed by atoms with E-state index in [0.717, 1.165) is 8.28 Å². The second-order valence-electron chi connectivity index (χ2n) is 11.5. The number of ketones is 2. The third-order valence-electron chi connectivity index (χ3n) is 6.67. The Balaban J connectivity index is 0. The Kier molecular flexibility index (Phi) is 19.6. The average Bonchev–Trinajstić information content (AvgIpc) is 3.71. The number of Topliss-reactive ketones (excluding diaryl/α,β-unsaturated/α-hetero) is 2. The van der Waals surface area contributed by atoms with E-state index in [1.165, 1.54) is 55.2 Å². The summed E-state index contributed by atoms with van der Waals surface area (Å²) in [5.74, 6) is -2.21. The van der Waals surface area contributed by atoms with Crippen molar-refractivity contribution in [3.05, 3.63) is 34.9 Å². The molecule has 0 aliphatic carbocycles. The molecule has 0 aromatic carbocycles. The van der Waals surface area contributed by atoms with Crippen molar-refractivity contribution in [2.45, 2.75) is 91.9 Å². The highest BCUT2D eigenvalue weighted by Gasteiger charge is 2.47. The van der Waals surface area contributed by atoms with E-state index in [4.69, 9.17) is 24.2 Å². The maximum Gasteiger partial charge on any atom is 0.335 e. The van der Waals surface area contributed by atoms with E-state index >= 15 is 0 Å². The van der Waals surface area contributed by atoms with Crippen molar-refractivity contribution >= 4 is 32.1 Å². The first-order chi connectivity index (χ1) is 22.2. The van der Waals surface area contributed by atoms with Crippen LogP contribution in [0.25, 0.3) is 0 Å². The second kappa shape index (κ2) is 19.9. The molecule has 0 radical (unpaired) electrons. The van der Waals surface area contributed by atoms with E-state index in [1.54, 1.807) is 13.8 Å². The van der Waals surface area contributed by atoms with Crippen molar-refractivity contribution in [1.82, 2.24) is 27.5 Å². The Hall–Kier alpha value is -2.78. The van der Waals surface area contributed by atoms with E-state index in [-0.39, 0.29) is 49.4 Å². The lowest BCUT2D eigenvalue weighted by atomic mass is 10.0.